The summed E-state index contributed by atoms with van der Waals surface area (Å²) in [5, 5.41) is 59.6. The van der Waals surface area contributed by atoms with Crippen LogP contribution in [0.2, 0.25) is 0 Å². The lowest BCUT2D eigenvalue weighted by Gasteiger charge is -2.42. The average molecular weight is 422 g/mol. The molecule has 170 valence electrons. The van der Waals surface area contributed by atoms with Crippen LogP contribution in [-0.4, -0.2) is 105 Å². The van der Waals surface area contributed by atoms with E-state index in [1.54, 1.807) is 6.08 Å². The zero-order valence-electron chi connectivity index (χ0n) is 16.6. The van der Waals surface area contributed by atoms with Gasteiger partial charge in [0.25, 0.3) is 0 Å². The van der Waals surface area contributed by atoms with Gasteiger partial charge in [0.1, 0.15) is 42.7 Å². The molecule has 2 fully saturated rings. The summed E-state index contributed by atoms with van der Waals surface area (Å²) in [5.41, 5.74) is 0. The lowest BCUT2D eigenvalue weighted by Crippen LogP contribution is -2.60. The van der Waals surface area contributed by atoms with E-state index in [1.165, 1.54) is 0 Å². The molecule has 0 aromatic carbocycles. The van der Waals surface area contributed by atoms with Crippen LogP contribution in [-0.2, 0) is 18.9 Å². The molecule has 10 nitrogen and oxygen atoms in total. The van der Waals surface area contributed by atoms with Gasteiger partial charge in [-0.25, -0.2) is 0 Å². The third kappa shape index (κ3) is 6.41. The van der Waals surface area contributed by atoms with E-state index in [1.807, 2.05) is 0 Å². The Hall–Kier alpha value is -0.660. The predicted octanol–water partition coefficient (Wildman–Crippen LogP) is -1.60. The van der Waals surface area contributed by atoms with E-state index >= 15 is 0 Å². The van der Waals surface area contributed by atoms with E-state index in [4.69, 9.17) is 18.9 Å². The van der Waals surface area contributed by atoms with Crippen molar-refractivity contribution in [3.8, 4) is 0 Å². The maximum absolute atomic E-state index is 10.2. The molecule has 0 amide bonds. The minimum absolute atomic E-state index is 0.233. The second-order valence-electron chi connectivity index (χ2n) is 7.50. The lowest BCUT2D eigenvalue weighted by molar-refractivity contribution is -0.325. The Morgan fingerprint density at radius 2 is 1.66 bits per heavy atom. The van der Waals surface area contributed by atoms with Gasteiger partial charge in [-0.1, -0.05) is 32.3 Å². The Labute approximate surface area is 170 Å². The first-order chi connectivity index (χ1) is 13.8. The summed E-state index contributed by atoms with van der Waals surface area (Å²) >= 11 is 0. The molecule has 2 rings (SSSR count). The smallest absolute Gasteiger partial charge is 0.187 e. The van der Waals surface area contributed by atoms with Gasteiger partial charge in [0, 0.05) is 0 Å². The van der Waals surface area contributed by atoms with Gasteiger partial charge in [-0.05, 0) is 6.42 Å². The number of hydrogen-bond acceptors (Lipinski definition) is 10. The first kappa shape index (κ1) is 24.6. The first-order valence-corrected chi connectivity index (χ1v) is 10.0. The minimum atomic E-state index is -1.53. The third-order valence-corrected chi connectivity index (χ3v) is 5.21. The summed E-state index contributed by atoms with van der Waals surface area (Å²) in [6.45, 7) is 5.24. The van der Waals surface area contributed by atoms with Gasteiger partial charge in [-0.15, -0.1) is 6.58 Å². The van der Waals surface area contributed by atoms with Gasteiger partial charge in [0.15, 0.2) is 12.6 Å². The van der Waals surface area contributed by atoms with Crippen molar-refractivity contribution in [3.05, 3.63) is 12.7 Å². The van der Waals surface area contributed by atoms with Crippen molar-refractivity contribution in [1.29, 1.82) is 0 Å². The van der Waals surface area contributed by atoms with Crippen LogP contribution in [0.1, 0.15) is 32.6 Å². The zero-order valence-corrected chi connectivity index (χ0v) is 16.6. The van der Waals surface area contributed by atoms with E-state index < -0.39 is 61.4 Å². The molecular weight excluding hydrogens is 388 g/mol. The van der Waals surface area contributed by atoms with Crippen LogP contribution in [0.3, 0.4) is 0 Å². The quantitative estimate of drug-likeness (QED) is 0.179. The molecular formula is C19H34O10. The molecule has 2 aliphatic rings. The SMILES string of the molecule is C=C[C@@H](CCCCC)O[C@@H]1O[C@H](CO[C@H]2OC[C@H](O)[C@H](O)[C@@H]2O)[C@@H](O)[C@H](O)[C@H]1O. The molecule has 0 unspecified atom stereocenters. The molecule has 2 heterocycles. The van der Waals surface area contributed by atoms with Crippen LogP contribution in [0.15, 0.2) is 12.7 Å². The largest absolute Gasteiger partial charge is 0.388 e. The van der Waals surface area contributed by atoms with Gasteiger partial charge in [0.2, 0.25) is 0 Å². The van der Waals surface area contributed by atoms with Crippen molar-refractivity contribution in [2.45, 2.75) is 94.0 Å². The maximum atomic E-state index is 10.2. The zero-order chi connectivity index (χ0) is 21.6. The van der Waals surface area contributed by atoms with E-state index in [-0.39, 0.29) is 13.2 Å². The summed E-state index contributed by atoms with van der Waals surface area (Å²) in [7, 11) is 0. The van der Waals surface area contributed by atoms with Crippen LogP contribution >= 0.6 is 0 Å². The molecule has 2 saturated heterocycles. The summed E-state index contributed by atoms with van der Waals surface area (Å²) in [6, 6.07) is 0. The predicted molar refractivity (Wildman–Crippen MR) is 99.6 cm³/mol. The molecule has 6 N–H and O–H groups in total. The Morgan fingerprint density at radius 3 is 2.31 bits per heavy atom. The number of unbranched alkanes of at least 4 members (excludes halogenated alkanes) is 2. The third-order valence-electron chi connectivity index (χ3n) is 5.21. The van der Waals surface area contributed by atoms with Crippen LogP contribution in [0, 0.1) is 0 Å². The Bertz CT molecular complexity index is 492. The number of aliphatic hydroxyl groups excluding tert-OH is 6. The summed E-state index contributed by atoms with van der Waals surface area (Å²) in [6.07, 6.45) is -7.36. The molecule has 2 aliphatic heterocycles. The molecule has 0 aromatic heterocycles. The normalized spacial score (nSPS) is 41.8. The van der Waals surface area contributed by atoms with Crippen molar-refractivity contribution < 1.29 is 49.6 Å². The molecule has 0 spiro atoms. The minimum Gasteiger partial charge on any atom is -0.388 e. The van der Waals surface area contributed by atoms with Crippen molar-refractivity contribution in [3.63, 3.8) is 0 Å². The van der Waals surface area contributed by atoms with Crippen LogP contribution in [0.5, 0.6) is 0 Å². The highest BCUT2D eigenvalue weighted by atomic mass is 16.7. The van der Waals surface area contributed by atoms with Crippen molar-refractivity contribution in [2.75, 3.05) is 13.2 Å². The standard InChI is InChI=1S/C19H34O10/c1-3-5-6-7-10(4-2)28-19-17(25)15(23)14(22)12(29-19)9-27-18-16(24)13(21)11(20)8-26-18/h4,10-25H,2-3,5-9H2,1H3/t10-,11-,12+,13-,14+,15-,16-,17+,18+,19+/m0/s1. The van der Waals surface area contributed by atoms with Gasteiger partial charge in [-0.3, -0.25) is 0 Å². The fourth-order valence-electron chi connectivity index (χ4n) is 3.29. The highest BCUT2D eigenvalue weighted by Gasteiger charge is 2.46. The molecule has 29 heavy (non-hydrogen) atoms. The number of ether oxygens (including phenoxy) is 4. The number of hydrogen-bond donors (Lipinski definition) is 6. The lowest BCUT2D eigenvalue weighted by atomic mass is 9.99. The molecule has 10 heteroatoms. The van der Waals surface area contributed by atoms with E-state index in [2.05, 4.69) is 13.5 Å². The van der Waals surface area contributed by atoms with Gasteiger partial charge in [-0.2, -0.15) is 0 Å². The average Bonchev–Trinajstić information content (AvgIpc) is 2.71. The van der Waals surface area contributed by atoms with Crippen molar-refractivity contribution >= 4 is 0 Å². The van der Waals surface area contributed by atoms with Crippen molar-refractivity contribution in [1.82, 2.24) is 0 Å². The fraction of sp³-hybridized carbons (Fsp3) is 0.895. The van der Waals surface area contributed by atoms with Gasteiger partial charge < -0.3 is 49.6 Å². The topological polar surface area (TPSA) is 158 Å². The Morgan fingerprint density at radius 1 is 0.966 bits per heavy atom. The molecule has 0 aromatic rings. The molecule has 0 aliphatic carbocycles. The second kappa shape index (κ2) is 11.7. The highest BCUT2D eigenvalue weighted by molar-refractivity contribution is 4.91. The molecule has 10 atom stereocenters. The van der Waals surface area contributed by atoms with Crippen LogP contribution in [0.25, 0.3) is 0 Å². The van der Waals surface area contributed by atoms with E-state index in [9.17, 15) is 30.6 Å². The Balaban J connectivity index is 1.93. The molecule has 0 bridgehead atoms. The molecule has 0 saturated carbocycles. The summed E-state index contributed by atoms with van der Waals surface area (Å²) < 4.78 is 21.8. The summed E-state index contributed by atoms with van der Waals surface area (Å²) in [4.78, 5) is 0. The van der Waals surface area contributed by atoms with Crippen LogP contribution in [0.4, 0.5) is 0 Å². The first-order valence-electron chi connectivity index (χ1n) is 10.0. The monoisotopic (exact) mass is 422 g/mol. The van der Waals surface area contributed by atoms with Gasteiger partial charge in [0.05, 0.1) is 19.3 Å². The highest BCUT2D eigenvalue weighted by Crippen LogP contribution is 2.26. The number of rotatable bonds is 10. The second-order valence-corrected chi connectivity index (χ2v) is 7.50. The summed E-state index contributed by atoms with van der Waals surface area (Å²) in [5.74, 6) is 0. The fourth-order valence-corrected chi connectivity index (χ4v) is 3.29. The van der Waals surface area contributed by atoms with Crippen LogP contribution < -0.4 is 0 Å². The van der Waals surface area contributed by atoms with Gasteiger partial charge >= 0.3 is 0 Å². The molecule has 0 radical (unpaired) electrons. The Kier molecular flexibility index (Phi) is 9.89. The van der Waals surface area contributed by atoms with E-state index in [0.29, 0.717) is 6.42 Å². The number of aliphatic hydroxyl groups is 6. The maximum Gasteiger partial charge on any atom is 0.187 e. The van der Waals surface area contributed by atoms with E-state index in [0.717, 1.165) is 19.3 Å². The van der Waals surface area contributed by atoms with Crippen molar-refractivity contribution in [2.24, 2.45) is 0 Å².